The van der Waals surface area contributed by atoms with Crippen molar-refractivity contribution in [1.82, 2.24) is 20.2 Å². The molecule has 41 heavy (non-hydrogen) atoms. The molecule has 0 aliphatic rings. The maximum absolute atomic E-state index is 13.1. The molecule has 2 N–H and O–H groups in total. The average Bonchev–Trinajstić information content (AvgIpc) is 3.23. The number of nitrogens with one attached hydrogen (secondary N) is 2. The number of hydrogen-bond acceptors (Lipinski definition) is 7. The van der Waals surface area contributed by atoms with E-state index in [2.05, 4.69) is 24.9 Å². The molecular formula is C24H13Cl6N5O4S2. The zero-order valence-electron chi connectivity index (χ0n) is 20.0. The summed E-state index contributed by atoms with van der Waals surface area (Å²) in [5.41, 5.74) is 1.81. The Balaban J connectivity index is 1.38. The van der Waals surface area contributed by atoms with Crippen LogP contribution in [0, 0.1) is 0 Å². The molecule has 0 saturated heterocycles. The van der Waals surface area contributed by atoms with Crippen LogP contribution in [0.1, 0.15) is 5.69 Å². The summed E-state index contributed by atoms with van der Waals surface area (Å²) in [6, 6.07) is 11.4. The van der Waals surface area contributed by atoms with Gasteiger partial charge in [0.2, 0.25) is 5.65 Å². The molecule has 0 atom stereocenters. The SMILES string of the molecule is O=S(=O)(Cc1[nH]nc2nc(-c3ccc(NS(=O)(=O)c4c(Cl)cc(Cl)cc4Cl)cc3)cnc12)c1c(Cl)cc(Cl)cc1Cl. The fourth-order valence-corrected chi connectivity index (χ4v) is 9.44. The molecule has 5 aromatic rings. The Morgan fingerprint density at radius 2 is 1.29 bits per heavy atom. The van der Waals surface area contributed by atoms with E-state index in [0.29, 0.717) is 11.3 Å². The summed E-state index contributed by atoms with van der Waals surface area (Å²) in [4.78, 5) is 8.23. The van der Waals surface area contributed by atoms with Crippen molar-refractivity contribution in [3.05, 3.63) is 90.6 Å². The van der Waals surface area contributed by atoms with E-state index in [1.807, 2.05) is 0 Å². The van der Waals surface area contributed by atoms with E-state index in [4.69, 9.17) is 69.6 Å². The van der Waals surface area contributed by atoms with Crippen LogP contribution in [0.25, 0.3) is 22.4 Å². The second kappa shape index (κ2) is 11.4. The summed E-state index contributed by atoms with van der Waals surface area (Å²) >= 11 is 36.1. The van der Waals surface area contributed by atoms with E-state index in [0.717, 1.165) is 0 Å². The minimum atomic E-state index is -4.12. The van der Waals surface area contributed by atoms with Crippen molar-refractivity contribution in [1.29, 1.82) is 0 Å². The Morgan fingerprint density at radius 1 is 0.756 bits per heavy atom. The average molecular weight is 712 g/mol. The predicted octanol–water partition coefficient (Wildman–Crippen LogP) is 7.72. The molecule has 0 aliphatic carbocycles. The van der Waals surface area contributed by atoms with Gasteiger partial charge in [-0.15, -0.1) is 0 Å². The number of benzene rings is 3. The first-order valence-corrected chi connectivity index (χ1v) is 16.5. The zero-order chi connectivity index (χ0) is 29.7. The minimum Gasteiger partial charge on any atom is -0.280 e. The lowest BCUT2D eigenvalue weighted by molar-refractivity contribution is 0.594. The van der Waals surface area contributed by atoms with Crippen LogP contribution >= 0.6 is 69.6 Å². The zero-order valence-corrected chi connectivity index (χ0v) is 26.1. The molecule has 0 amide bonds. The van der Waals surface area contributed by atoms with Gasteiger partial charge in [-0.05, 0) is 36.4 Å². The van der Waals surface area contributed by atoms with Gasteiger partial charge in [-0.25, -0.2) is 26.8 Å². The molecule has 0 bridgehead atoms. The number of aromatic amines is 1. The van der Waals surface area contributed by atoms with E-state index < -0.39 is 25.6 Å². The second-order valence-corrected chi connectivity index (χ2v) is 14.5. The molecule has 212 valence electrons. The van der Waals surface area contributed by atoms with Crippen molar-refractivity contribution < 1.29 is 16.8 Å². The maximum Gasteiger partial charge on any atom is 0.264 e. The molecule has 5 rings (SSSR count). The molecule has 9 nitrogen and oxygen atoms in total. The molecule has 0 aliphatic heterocycles. The number of nitrogens with zero attached hydrogens (tertiary/aromatic N) is 3. The standard InChI is InChI=1S/C24H13Cl6N5O4S2/c25-12-5-15(27)22(16(28)6-12)40(36,37)10-20-21-24(34-33-20)32-19(9-31-21)11-1-3-14(4-2-11)35-41(38,39)23-17(29)7-13(26)8-18(23)30/h1-9,35H,10H2,(H,32,33,34). The third kappa shape index (κ3) is 6.23. The van der Waals surface area contributed by atoms with Gasteiger partial charge in [0.1, 0.15) is 15.3 Å². The second-order valence-electron chi connectivity index (χ2n) is 8.47. The van der Waals surface area contributed by atoms with E-state index in [1.54, 1.807) is 12.1 Å². The highest BCUT2D eigenvalue weighted by Crippen LogP contribution is 2.36. The summed E-state index contributed by atoms with van der Waals surface area (Å²) < 4.78 is 54.3. The van der Waals surface area contributed by atoms with Gasteiger partial charge in [-0.2, -0.15) is 5.10 Å². The molecule has 0 fully saturated rings. The Kier molecular flexibility index (Phi) is 8.36. The van der Waals surface area contributed by atoms with Gasteiger partial charge >= 0.3 is 0 Å². The van der Waals surface area contributed by atoms with E-state index in [1.165, 1.54) is 42.6 Å². The van der Waals surface area contributed by atoms with Crippen LogP contribution in [-0.4, -0.2) is 37.0 Å². The Labute approximate surface area is 263 Å². The third-order valence-electron chi connectivity index (χ3n) is 5.61. The number of hydrogen-bond donors (Lipinski definition) is 2. The first kappa shape index (κ1) is 30.1. The van der Waals surface area contributed by atoms with Gasteiger partial charge in [0, 0.05) is 21.3 Å². The van der Waals surface area contributed by atoms with Gasteiger partial charge in [0.15, 0.2) is 9.84 Å². The van der Waals surface area contributed by atoms with Gasteiger partial charge in [0.05, 0.1) is 43.4 Å². The van der Waals surface area contributed by atoms with Crippen molar-refractivity contribution in [2.75, 3.05) is 4.72 Å². The number of fused-ring (bicyclic) bond motifs is 1. The van der Waals surface area contributed by atoms with Crippen molar-refractivity contribution in [3.8, 4) is 11.3 Å². The molecule has 0 radical (unpaired) electrons. The lowest BCUT2D eigenvalue weighted by atomic mass is 10.1. The van der Waals surface area contributed by atoms with Gasteiger partial charge in [-0.1, -0.05) is 81.7 Å². The fourth-order valence-electron chi connectivity index (χ4n) is 3.87. The highest BCUT2D eigenvalue weighted by atomic mass is 35.5. The van der Waals surface area contributed by atoms with Crippen LogP contribution in [0.2, 0.25) is 30.1 Å². The number of sulfone groups is 1. The number of H-pyrrole nitrogens is 1. The highest BCUT2D eigenvalue weighted by molar-refractivity contribution is 7.93. The summed E-state index contributed by atoms with van der Waals surface area (Å²) in [5.74, 6) is -0.519. The van der Waals surface area contributed by atoms with Crippen LogP contribution in [0.15, 0.2) is 64.5 Å². The summed E-state index contributed by atoms with van der Waals surface area (Å²) in [7, 11) is -8.13. The Hall–Kier alpha value is -2.35. The predicted molar refractivity (Wildman–Crippen MR) is 162 cm³/mol. The quantitative estimate of drug-likeness (QED) is 0.177. The molecule has 2 heterocycles. The minimum absolute atomic E-state index is 0.107. The molecular weight excluding hydrogens is 699 g/mol. The van der Waals surface area contributed by atoms with Crippen LogP contribution in [0.5, 0.6) is 0 Å². The van der Waals surface area contributed by atoms with Gasteiger partial charge in [0.25, 0.3) is 10.0 Å². The summed E-state index contributed by atoms with van der Waals surface area (Å²) in [6.45, 7) is 0. The van der Waals surface area contributed by atoms with Crippen molar-refractivity contribution >= 4 is 106 Å². The maximum atomic E-state index is 13.1. The summed E-state index contributed by atoms with van der Waals surface area (Å²) in [6.07, 6.45) is 1.43. The number of sulfonamides is 1. The first-order chi connectivity index (χ1) is 19.2. The Morgan fingerprint density at radius 3 is 1.85 bits per heavy atom. The monoisotopic (exact) mass is 709 g/mol. The molecule has 3 aromatic carbocycles. The van der Waals surface area contributed by atoms with E-state index in [9.17, 15) is 16.8 Å². The number of rotatable bonds is 7. The number of aromatic nitrogens is 4. The molecule has 0 saturated carbocycles. The van der Waals surface area contributed by atoms with Crippen molar-refractivity contribution in [2.45, 2.75) is 15.5 Å². The van der Waals surface area contributed by atoms with Crippen LogP contribution < -0.4 is 4.72 Å². The molecule has 0 unspecified atom stereocenters. The van der Waals surface area contributed by atoms with Crippen LogP contribution in [0.4, 0.5) is 5.69 Å². The molecule has 0 spiro atoms. The van der Waals surface area contributed by atoms with Gasteiger partial charge in [-0.3, -0.25) is 9.82 Å². The normalized spacial score (nSPS) is 12.1. The van der Waals surface area contributed by atoms with Crippen molar-refractivity contribution in [3.63, 3.8) is 0 Å². The topological polar surface area (TPSA) is 135 Å². The molecule has 17 heteroatoms. The number of anilines is 1. The third-order valence-corrected chi connectivity index (χ3v) is 10.9. The van der Waals surface area contributed by atoms with Crippen LogP contribution in [-0.2, 0) is 25.6 Å². The summed E-state index contributed by atoms with van der Waals surface area (Å²) in [5, 5.41) is 6.68. The smallest absolute Gasteiger partial charge is 0.264 e. The van der Waals surface area contributed by atoms with E-state index >= 15 is 0 Å². The van der Waals surface area contributed by atoms with Crippen molar-refractivity contribution in [2.24, 2.45) is 0 Å². The first-order valence-electron chi connectivity index (χ1n) is 11.1. The lowest BCUT2D eigenvalue weighted by Crippen LogP contribution is -2.14. The van der Waals surface area contributed by atoms with Gasteiger partial charge < -0.3 is 0 Å². The van der Waals surface area contributed by atoms with E-state index in [-0.39, 0.29) is 62.5 Å². The molecule has 2 aromatic heterocycles. The largest absolute Gasteiger partial charge is 0.280 e. The highest BCUT2D eigenvalue weighted by Gasteiger charge is 2.26. The van der Waals surface area contributed by atoms with Crippen LogP contribution in [0.3, 0.4) is 0 Å². The fraction of sp³-hybridized carbons (Fsp3) is 0.0417. The number of halogens is 6. The lowest BCUT2D eigenvalue weighted by Gasteiger charge is -2.12. The Bertz CT molecular complexity index is 2010.